The molecule has 0 saturated carbocycles. The topological polar surface area (TPSA) is 86.2 Å². The summed E-state index contributed by atoms with van der Waals surface area (Å²) < 4.78 is 0. The van der Waals surface area contributed by atoms with E-state index in [1.165, 1.54) is 0 Å². The van der Waals surface area contributed by atoms with Crippen LogP contribution in [0.15, 0.2) is 0 Å². The van der Waals surface area contributed by atoms with Crippen molar-refractivity contribution >= 4 is 92.5 Å². The van der Waals surface area contributed by atoms with E-state index in [2.05, 4.69) is 0 Å². The molecule has 0 atom stereocenters. The summed E-state index contributed by atoms with van der Waals surface area (Å²) in [5.41, 5.74) is 10.5. The number of anilines is 2. The predicted molar refractivity (Wildman–Crippen MR) is 98.6 cm³/mol. The van der Waals surface area contributed by atoms with Gasteiger partial charge in [-0.15, -0.1) is 0 Å². The van der Waals surface area contributed by atoms with E-state index in [1.807, 2.05) is 0 Å². The van der Waals surface area contributed by atoms with E-state index in [1.54, 1.807) is 0 Å². The van der Waals surface area contributed by atoms with Gasteiger partial charge in [0.2, 0.25) is 0 Å². The third-order valence-corrected chi connectivity index (χ3v) is 6.31. The third kappa shape index (κ3) is 2.15. The molecular weight excluding hydrogens is 441 g/mol. The average Bonchev–Trinajstić information content (AvgIpc) is 2.55. The summed E-state index contributed by atoms with van der Waals surface area (Å²) in [6.45, 7) is 0. The Hall–Kier alpha value is -0.880. The number of hydrogen-bond donors (Lipinski definition) is 2. The van der Waals surface area contributed by atoms with Crippen LogP contribution in [0.3, 0.4) is 0 Å². The van der Waals surface area contributed by atoms with Crippen molar-refractivity contribution in [2.45, 2.75) is 0 Å². The summed E-state index contributed by atoms with van der Waals surface area (Å²) in [5, 5.41) is -1.01. The van der Waals surface area contributed by atoms with Gasteiger partial charge >= 0.3 is 0 Å². The molecule has 0 fully saturated rings. The number of nitrogen functional groups attached to an aromatic ring is 2. The second kappa shape index (κ2) is 5.84. The Kier molecular flexibility index (Phi) is 4.36. The number of nitrogens with two attached hydrogens (primary N) is 2. The summed E-state index contributed by atoms with van der Waals surface area (Å²) in [6, 6.07) is 0. The Labute approximate surface area is 165 Å². The Bertz CT molecular complexity index is 833. The highest BCUT2D eigenvalue weighted by Gasteiger charge is 2.40. The summed E-state index contributed by atoms with van der Waals surface area (Å²) in [4.78, 5) is 25.8. The fraction of sp³-hybridized carbons (Fsp3) is 0. The van der Waals surface area contributed by atoms with E-state index < -0.39 is 11.6 Å². The number of ketones is 2. The van der Waals surface area contributed by atoms with Crippen LogP contribution < -0.4 is 11.5 Å². The number of carbonyl (C=O) groups is 2. The van der Waals surface area contributed by atoms with Crippen molar-refractivity contribution < 1.29 is 9.59 Å². The summed E-state index contributed by atoms with van der Waals surface area (Å²) >= 11 is 36.1. The van der Waals surface area contributed by atoms with E-state index in [4.69, 9.17) is 81.1 Å². The minimum Gasteiger partial charge on any atom is -0.397 e. The lowest BCUT2D eigenvalue weighted by molar-refractivity contribution is 0.0980. The molecule has 0 radical (unpaired) electrons. The number of hydrogen-bond acceptors (Lipinski definition) is 4. The molecular formula is C14H4Cl6N2O2. The number of halogens is 6. The van der Waals surface area contributed by atoms with Crippen molar-refractivity contribution in [3.05, 3.63) is 52.4 Å². The van der Waals surface area contributed by atoms with Gasteiger partial charge in [0.1, 0.15) is 0 Å². The molecule has 0 aromatic heterocycles. The minimum absolute atomic E-state index is 0.144. The van der Waals surface area contributed by atoms with Crippen LogP contribution in [0.1, 0.15) is 31.8 Å². The van der Waals surface area contributed by atoms with Gasteiger partial charge in [0.15, 0.2) is 11.6 Å². The van der Waals surface area contributed by atoms with Gasteiger partial charge in [0, 0.05) is 0 Å². The maximum Gasteiger partial charge on any atom is 0.198 e. The molecule has 2 aromatic rings. The molecule has 0 saturated heterocycles. The lowest BCUT2D eigenvalue weighted by atomic mass is 9.82. The highest BCUT2D eigenvalue weighted by Crippen LogP contribution is 2.49. The molecule has 1 aliphatic carbocycles. The van der Waals surface area contributed by atoms with Crippen LogP contribution in [0.4, 0.5) is 11.4 Å². The molecule has 0 heterocycles. The van der Waals surface area contributed by atoms with Gasteiger partial charge in [-0.2, -0.15) is 0 Å². The molecule has 24 heavy (non-hydrogen) atoms. The third-order valence-electron chi connectivity index (χ3n) is 3.63. The van der Waals surface area contributed by atoms with Crippen molar-refractivity contribution in [3.8, 4) is 0 Å². The molecule has 124 valence electrons. The quantitative estimate of drug-likeness (QED) is 0.351. The molecule has 4 N–H and O–H groups in total. The first-order valence-electron chi connectivity index (χ1n) is 6.12. The summed E-state index contributed by atoms with van der Waals surface area (Å²) in [6.07, 6.45) is 0. The first kappa shape index (κ1) is 17.9. The number of rotatable bonds is 0. The van der Waals surface area contributed by atoms with Crippen molar-refractivity contribution in [3.63, 3.8) is 0 Å². The number of carbonyl (C=O) groups excluding carboxylic acids is 2. The number of fused-ring (bicyclic) bond motifs is 2. The van der Waals surface area contributed by atoms with Crippen molar-refractivity contribution in [2.24, 2.45) is 0 Å². The van der Waals surface area contributed by atoms with Gasteiger partial charge in [-0.1, -0.05) is 69.6 Å². The van der Waals surface area contributed by atoms with Crippen LogP contribution in [0.25, 0.3) is 0 Å². The highest BCUT2D eigenvalue weighted by molar-refractivity contribution is 6.55. The van der Waals surface area contributed by atoms with Gasteiger partial charge in [-0.05, 0) is 0 Å². The largest absolute Gasteiger partial charge is 0.397 e. The van der Waals surface area contributed by atoms with Gasteiger partial charge < -0.3 is 11.5 Å². The van der Waals surface area contributed by atoms with Crippen molar-refractivity contribution in [1.29, 1.82) is 0 Å². The van der Waals surface area contributed by atoms with E-state index >= 15 is 0 Å². The molecule has 0 bridgehead atoms. The van der Waals surface area contributed by atoms with Crippen molar-refractivity contribution in [2.75, 3.05) is 11.5 Å². The minimum atomic E-state index is -0.704. The molecule has 1 aliphatic rings. The predicted octanol–water partition coefficient (Wildman–Crippen LogP) is 5.55. The van der Waals surface area contributed by atoms with Crippen LogP contribution in [0, 0.1) is 0 Å². The van der Waals surface area contributed by atoms with Gasteiger partial charge in [-0.3, -0.25) is 9.59 Å². The van der Waals surface area contributed by atoms with Crippen LogP contribution in [-0.2, 0) is 0 Å². The smallest absolute Gasteiger partial charge is 0.198 e. The molecule has 10 heteroatoms. The molecule has 0 spiro atoms. The Morgan fingerprint density at radius 2 is 0.750 bits per heavy atom. The standard InChI is InChI=1S/C14H4Cl6N2O2/c15-5-1-3(11(21)9(19)7(5)17)14(24)4-2(13(1)23)6(16)8(18)10(20)12(4)22/h21-22H2. The first-order valence-corrected chi connectivity index (χ1v) is 8.39. The normalized spacial score (nSPS) is 13.1. The van der Waals surface area contributed by atoms with Crippen LogP contribution >= 0.6 is 69.6 Å². The Morgan fingerprint density at radius 3 is 1.08 bits per heavy atom. The number of benzene rings is 2. The maximum absolute atomic E-state index is 12.9. The molecule has 0 aliphatic heterocycles. The van der Waals surface area contributed by atoms with Crippen LogP contribution in [-0.4, -0.2) is 11.6 Å². The monoisotopic (exact) mass is 442 g/mol. The Balaban J connectivity index is 2.53. The fourth-order valence-corrected chi connectivity index (χ4v) is 3.92. The molecule has 0 unspecified atom stereocenters. The SMILES string of the molecule is Nc1c(Cl)c(Cl)c(Cl)c2c1C(=O)c1c(N)c(Cl)c(Cl)c(Cl)c1C2=O. The zero-order valence-electron chi connectivity index (χ0n) is 11.2. The Morgan fingerprint density at radius 1 is 0.458 bits per heavy atom. The van der Waals surface area contributed by atoms with Gasteiger partial charge in [-0.25, -0.2) is 0 Å². The molecule has 4 nitrogen and oxygen atoms in total. The lowest BCUT2D eigenvalue weighted by Gasteiger charge is -2.24. The summed E-state index contributed by atoms with van der Waals surface area (Å²) in [7, 11) is 0. The zero-order chi connectivity index (χ0) is 18.1. The lowest BCUT2D eigenvalue weighted by Crippen LogP contribution is -2.25. The first-order chi connectivity index (χ1) is 11.1. The molecule has 2 aromatic carbocycles. The molecule has 0 amide bonds. The van der Waals surface area contributed by atoms with Crippen LogP contribution in [0.2, 0.25) is 30.1 Å². The second-order valence-electron chi connectivity index (χ2n) is 4.87. The van der Waals surface area contributed by atoms with E-state index in [0.717, 1.165) is 0 Å². The zero-order valence-corrected chi connectivity index (χ0v) is 15.8. The fourth-order valence-electron chi connectivity index (χ4n) is 2.51. The highest BCUT2D eigenvalue weighted by atomic mass is 35.5. The van der Waals surface area contributed by atoms with E-state index in [9.17, 15) is 9.59 Å². The average molecular weight is 445 g/mol. The second-order valence-corrected chi connectivity index (χ2v) is 7.14. The summed E-state index contributed by atoms with van der Waals surface area (Å²) in [5.74, 6) is -1.40. The van der Waals surface area contributed by atoms with Crippen molar-refractivity contribution in [1.82, 2.24) is 0 Å². The van der Waals surface area contributed by atoms with E-state index in [0.29, 0.717) is 0 Å². The molecule has 3 rings (SSSR count). The van der Waals surface area contributed by atoms with E-state index in [-0.39, 0.29) is 63.8 Å². The van der Waals surface area contributed by atoms with Crippen LogP contribution in [0.5, 0.6) is 0 Å². The van der Waals surface area contributed by atoms with Gasteiger partial charge in [0.05, 0.1) is 63.8 Å². The van der Waals surface area contributed by atoms with Gasteiger partial charge in [0.25, 0.3) is 0 Å². The maximum atomic E-state index is 12.9.